The van der Waals surface area contributed by atoms with Gasteiger partial charge in [-0.3, -0.25) is 0 Å². The molecule has 0 aromatic heterocycles. The zero-order valence-corrected chi connectivity index (χ0v) is 14.9. The van der Waals surface area contributed by atoms with Crippen LogP contribution in [0.25, 0.3) is 0 Å². The van der Waals surface area contributed by atoms with Crippen molar-refractivity contribution in [3.05, 3.63) is 29.8 Å². The summed E-state index contributed by atoms with van der Waals surface area (Å²) in [6, 6.07) is 8.58. The van der Waals surface area contributed by atoms with E-state index in [2.05, 4.69) is 48.0 Å². The second-order valence-electron chi connectivity index (χ2n) is 7.16. The van der Waals surface area contributed by atoms with Gasteiger partial charge in [0.1, 0.15) is 0 Å². The monoisotopic (exact) mass is 331 g/mol. The van der Waals surface area contributed by atoms with Crippen LogP contribution >= 0.6 is 0 Å². The number of likely N-dealkylation sites (tertiary alicyclic amines) is 1. The van der Waals surface area contributed by atoms with E-state index in [0.717, 1.165) is 39.3 Å². The first-order valence-electron chi connectivity index (χ1n) is 9.03. The maximum absolute atomic E-state index is 12.3. The number of carbonyl (C=O) groups excluding carboxylic acids is 1. The quantitative estimate of drug-likeness (QED) is 0.853. The minimum absolute atomic E-state index is 0.146. The van der Waals surface area contributed by atoms with Crippen LogP contribution in [0.1, 0.15) is 18.4 Å². The standard InChI is InChI=1S/C19H29N3O2/c1-16-5-7-18(8-6-16)21-10-12-22(13-11-21)19(23)24-15-17-4-3-9-20(2)14-17/h5-8,17H,3-4,9-15H2,1-2H3/t17-/m1/s1. The second-order valence-corrected chi connectivity index (χ2v) is 7.16. The van der Waals surface area contributed by atoms with Gasteiger partial charge in [0.15, 0.2) is 0 Å². The Morgan fingerprint density at radius 1 is 1.12 bits per heavy atom. The first-order valence-corrected chi connectivity index (χ1v) is 9.03. The predicted molar refractivity (Wildman–Crippen MR) is 96.5 cm³/mol. The maximum Gasteiger partial charge on any atom is 0.409 e. The minimum Gasteiger partial charge on any atom is -0.449 e. The highest BCUT2D eigenvalue weighted by Gasteiger charge is 2.24. The number of hydrogen-bond acceptors (Lipinski definition) is 4. The number of benzene rings is 1. The average Bonchev–Trinajstić information content (AvgIpc) is 2.61. The van der Waals surface area contributed by atoms with Gasteiger partial charge in [-0.2, -0.15) is 0 Å². The molecule has 24 heavy (non-hydrogen) atoms. The number of aryl methyl sites for hydroxylation is 1. The first-order chi connectivity index (χ1) is 11.6. The van der Waals surface area contributed by atoms with Gasteiger partial charge in [-0.1, -0.05) is 17.7 Å². The number of hydrogen-bond donors (Lipinski definition) is 0. The number of nitrogens with zero attached hydrogens (tertiary/aromatic N) is 3. The van der Waals surface area contributed by atoms with Gasteiger partial charge in [-0.15, -0.1) is 0 Å². The molecule has 1 amide bonds. The van der Waals surface area contributed by atoms with Crippen LogP contribution in [0.2, 0.25) is 0 Å². The van der Waals surface area contributed by atoms with E-state index in [1.165, 1.54) is 24.1 Å². The molecule has 2 aliphatic rings. The van der Waals surface area contributed by atoms with Crippen molar-refractivity contribution in [3.8, 4) is 0 Å². The summed E-state index contributed by atoms with van der Waals surface area (Å²) in [4.78, 5) is 18.8. The van der Waals surface area contributed by atoms with Crippen molar-refractivity contribution in [1.82, 2.24) is 9.80 Å². The molecule has 2 heterocycles. The van der Waals surface area contributed by atoms with Gasteiger partial charge in [0.25, 0.3) is 0 Å². The number of carbonyl (C=O) groups is 1. The van der Waals surface area contributed by atoms with Crippen molar-refractivity contribution in [2.24, 2.45) is 5.92 Å². The molecular weight excluding hydrogens is 302 g/mol. The lowest BCUT2D eigenvalue weighted by Gasteiger charge is -2.36. The summed E-state index contributed by atoms with van der Waals surface area (Å²) in [5, 5.41) is 0. The lowest BCUT2D eigenvalue weighted by atomic mass is 10.00. The number of anilines is 1. The topological polar surface area (TPSA) is 36.0 Å². The molecule has 0 saturated carbocycles. The van der Waals surface area contributed by atoms with Gasteiger partial charge in [0.2, 0.25) is 0 Å². The number of rotatable bonds is 3. The van der Waals surface area contributed by atoms with Crippen LogP contribution < -0.4 is 4.90 Å². The van der Waals surface area contributed by atoms with Crippen LogP contribution in [-0.4, -0.2) is 68.8 Å². The molecule has 1 aromatic rings. The Labute approximate surface area is 145 Å². The van der Waals surface area contributed by atoms with Crippen LogP contribution in [0.4, 0.5) is 10.5 Å². The van der Waals surface area contributed by atoms with Gasteiger partial charge in [0.05, 0.1) is 6.61 Å². The Morgan fingerprint density at radius 3 is 2.50 bits per heavy atom. The van der Waals surface area contributed by atoms with E-state index in [1.807, 2.05) is 4.90 Å². The molecule has 1 aromatic carbocycles. The van der Waals surface area contributed by atoms with Crippen LogP contribution in [-0.2, 0) is 4.74 Å². The highest BCUT2D eigenvalue weighted by Crippen LogP contribution is 2.18. The molecule has 2 aliphatic heterocycles. The van der Waals surface area contributed by atoms with E-state index in [0.29, 0.717) is 12.5 Å². The van der Waals surface area contributed by atoms with Crippen molar-refractivity contribution in [1.29, 1.82) is 0 Å². The fourth-order valence-electron chi connectivity index (χ4n) is 3.59. The third-order valence-electron chi connectivity index (χ3n) is 5.10. The summed E-state index contributed by atoms with van der Waals surface area (Å²) in [7, 11) is 2.14. The minimum atomic E-state index is -0.146. The van der Waals surface area contributed by atoms with Crippen molar-refractivity contribution in [3.63, 3.8) is 0 Å². The van der Waals surface area contributed by atoms with Crippen molar-refractivity contribution >= 4 is 11.8 Å². The van der Waals surface area contributed by atoms with E-state index in [-0.39, 0.29) is 6.09 Å². The summed E-state index contributed by atoms with van der Waals surface area (Å²) in [6.07, 6.45) is 2.22. The SMILES string of the molecule is Cc1ccc(N2CCN(C(=O)OC[C@@H]3CCCN(C)C3)CC2)cc1. The highest BCUT2D eigenvalue weighted by atomic mass is 16.6. The number of ether oxygens (including phenoxy) is 1. The Kier molecular flexibility index (Phi) is 5.61. The van der Waals surface area contributed by atoms with E-state index in [9.17, 15) is 4.79 Å². The largest absolute Gasteiger partial charge is 0.449 e. The molecule has 0 radical (unpaired) electrons. The lowest BCUT2D eigenvalue weighted by Crippen LogP contribution is -2.49. The average molecular weight is 331 g/mol. The van der Waals surface area contributed by atoms with Gasteiger partial charge in [-0.05, 0) is 45.5 Å². The Morgan fingerprint density at radius 2 is 1.83 bits per heavy atom. The molecule has 1 atom stereocenters. The second kappa shape index (κ2) is 7.88. The van der Waals surface area contributed by atoms with Crippen LogP contribution in [0.5, 0.6) is 0 Å². The summed E-state index contributed by atoms with van der Waals surface area (Å²) in [5.74, 6) is 0.488. The van der Waals surface area contributed by atoms with E-state index in [4.69, 9.17) is 4.74 Å². The Bertz CT molecular complexity index is 538. The zero-order chi connectivity index (χ0) is 16.9. The van der Waals surface area contributed by atoms with Crippen molar-refractivity contribution in [2.75, 3.05) is 57.8 Å². The first kappa shape index (κ1) is 17.1. The zero-order valence-electron chi connectivity index (χ0n) is 14.9. The van der Waals surface area contributed by atoms with Gasteiger partial charge in [-0.25, -0.2) is 4.79 Å². The molecule has 0 N–H and O–H groups in total. The van der Waals surface area contributed by atoms with Crippen molar-refractivity contribution in [2.45, 2.75) is 19.8 Å². The third kappa shape index (κ3) is 4.41. The molecular formula is C19H29N3O2. The van der Waals surface area contributed by atoms with Crippen LogP contribution in [0.15, 0.2) is 24.3 Å². The summed E-state index contributed by atoms with van der Waals surface area (Å²) in [5.41, 5.74) is 2.51. The molecule has 0 aliphatic carbocycles. The summed E-state index contributed by atoms with van der Waals surface area (Å²) >= 11 is 0. The smallest absolute Gasteiger partial charge is 0.409 e. The van der Waals surface area contributed by atoms with Gasteiger partial charge < -0.3 is 19.4 Å². The number of piperazine rings is 1. The fraction of sp³-hybridized carbons (Fsp3) is 0.632. The fourth-order valence-corrected chi connectivity index (χ4v) is 3.59. The predicted octanol–water partition coefficient (Wildman–Crippen LogP) is 2.60. The molecule has 0 unspecified atom stereocenters. The molecule has 2 saturated heterocycles. The molecule has 3 rings (SSSR count). The van der Waals surface area contributed by atoms with Gasteiger partial charge in [0, 0.05) is 44.3 Å². The lowest BCUT2D eigenvalue weighted by molar-refractivity contribution is 0.0686. The van der Waals surface area contributed by atoms with E-state index >= 15 is 0 Å². The normalized spacial score (nSPS) is 22.5. The molecule has 2 fully saturated rings. The molecule has 5 nitrogen and oxygen atoms in total. The van der Waals surface area contributed by atoms with Crippen LogP contribution in [0.3, 0.4) is 0 Å². The molecule has 132 valence electrons. The number of piperidine rings is 1. The highest BCUT2D eigenvalue weighted by molar-refractivity contribution is 5.68. The molecule has 0 bridgehead atoms. The van der Waals surface area contributed by atoms with Crippen LogP contribution in [0, 0.1) is 12.8 Å². The molecule has 5 heteroatoms. The Balaban J connectivity index is 1.42. The van der Waals surface area contributed by atoms with Crippen molar-refractivity contribution < 1.29 is 9.53 Å². The summed E-state index contributed by atoms with van der Waals surface area (Å²) in [6.45, 7) is 8.05. The third-order valence-corrected chi connectivity index (χ3v) is 5.10. The number of amides is 1. The van der Waals surface area contributed by atoms with E-state index in [1.54, 1.807) is 0 Å². The Hall–Kier alpha value is -1.75. The van der Waals surface area contributed by atoms with E-state index < -0.39 is 0 Å². The maximum atomic E-state index is 12.3. The van der Waals surface area contributed by atoms with Gasteiger partial charge >= 0.3 is 6.09 Å². The summed E-state index contributed by atoms with van der Waals surface area (Å²) < 4.78 is 5.57. The molecule has 0 spiro atoms.